The minimum absolute atomic E-state index is 0.0670. The molecule has 112 valence electrons. The van der Waals surface area contributed by atoms with Crippen LogP contribution in [0.25, 0.3) is 0 Å². The molecule has 1 saturated heterocycles. The average Bonchev–Trinajstić information content (AvgIpc) is 3.06. The number of carbonyl (C=O) groups is 1. The summed E-state index contributed by atoms with van der Waals surface area (Å²) < 4.78 is 11.1. The highest BCUT2D eigenvalue weighted by atomic mass is 16.5. The summed E-state index contributed by atoms with van der Waals surface area (Å²) in [6.07, 6.45) is 1.85. The van der Waals surface area contributed by atoms with Crippen LogP contribution in [0.3, 0.4) is 0 Å². The highest BCUT2D eigenvalue weighted by molar-refractivity contribution is 5.71. The Labute approximate surface area is 119 Å². The van der Waals surface area contributed by atoms with Gasteiger partial charge in [-0.1, -0.05) is 13.8 Å². The first kappa shape index (κ1) is 15.1. The Morgan fingerprint density at radius 1 is 1.35 bits per heavy atom. The van der Waals surface area contributed by atoms with Crippen molar-refractivity contribution in [1.82, 2.24) is 4.90 Å². The second-order valence-corrected chi connectivity index (χ2v) is 5.24. The van der Waals surface area contributed by atoms with Crippen LogP contribution >= 0.6 is 0 Å². The molecule has 2 atom stereocenters. The van der Waals surface area contributed by atoms with Crippen LogP contribution in [0.5, 0.6) is 0 Å². The Bertz CT molecular complexity index is 443. The molecule has 0 bridgehead atoms. The molecule has 2 heterocycles. The van der Waals surface area contributed by atoms with Crippen LogP contribution in [0, 0.1) is 5.92 Å². The molecule has 2 unspecified atom stereocenters. The molecular formula is C15H23NO4. The van der Waals surface area contributed by atoms with Crippen LogP contribution in [0.4, 0.5) is 0 Å². The number of nitrogens with zero attached hydrogens (tertiary/aromatic N) is 1. The number of hydrogen-bond acceptors (Lipinski definition) is 4. The van der Waals surface area contributed by atoms with E-state index in [-0.39, 0.29) is 6.04 Å². The first-order chi connectivity index (χ1) is 9.65. The van der Waals surface area contributed by atoms with Gasteiger partial charge in [0, 0.05) is 12.5 Å². The monoisotopic (exact) mass is 281 g/mol. The summed E-state index contributed by atoms with van der Waals surface area (Å²) in [4.78, 5) is 13.5. The lowest BCUT2D eigenvalue weighted by atomic mass is 10.0. The molecule has 0 aliphatic carbocycles. The van der Waals surface area contributed by atoms with Crippen molar-refractivity contribution in [1.29, 1.82) is 0 Å². The zero-order chi connectivity index (χ0) is 14.5. The summed E-state index contributed by atoms with van der Waals surface area (Å²) in [5.74, 6) is 0.643. The highest BCUT2D eigenvalue weighted by Crippen LogP contribution is 2.23. The van der Waals surface area contributed by atoms with Crippen molar-refractivity contribution in [2.24, 2.45) is 5.92 Å². The standard InChI is InChI=1S/C15H23NO4/c1-3-7-16(8-12-6-5-11(4-2)20-12)14-10-19-9-13(14)15(17)18/h5-6,13-14H,3-4,7-10H2,1-2H3,(H,17,18). The average molecular weight is 281 g/mol. The van der Waals surface area contributed by atoms with Gasteiger partial charge in [0.1, 0.15) is 11.5 Å². The SMILES string of the molecule is CCCN(Cc1ccc(CC)o1)C1COCC1C(=O)O. The molecule has 1 aliphatic heterocycles. The number of furan rings is 1. The molecule has 1 aromatic rings. The summed E-state index contributed by atoms with van der Waals surface area (Å²) in [5, 5.41) is 9.28. The molecule has 0 amide bonds. The number of carboxylic acid groups (broad SMARTS) is 1. The molecule has 5 heteroatoms. The predicted octanol–water partition coefficient (Wildman–Crippen LogP) is 2.15. The lowest BCUT2D eigenvalue weighted by Gasteiger charge is -2.29. The van der Waals surface area contributed by atoms with Crippen molar-refractivity contribution in [2.75, 3.05) is 19.8 Å². The first-order valence-electron chi connectivity index (χ1n) is 7.27. The van der Waals surface area contributed by atoms with Crippen LogP contribution in [0.2, 0.25) is 0 Å². The van der Waals surface area contributed by atoms with Gasteiger partial charge in [-0.25, -0.2) is 0 Å². The minimum Gasteiger partial charge on any atom is -0.481 e. The fourth-order valence-electron chi connectivity index (χ4n) is 2.69. The van der Waals surface area contributed by atoms with Crippen LogP contribution < -0.4 is 0 Å². The van der Waals surface area contributed by atoms with Crippen LogP contribution in [-0.2, 0) is 22.5 Å². The van der Waals surface area contributed by atoms with Gasteiger partial charge in [0.25, 0.3) is 0 Å². The molecule has 0 radical (unpaired) electrons. The van der Waals surface area contributed by atoms with Gasteiger partial charge in [-0.2, -0.15) is 0 Å². The molecule has 1 N–H and O–H groups in total. The quantitative estimate of drug-likeness (QED) is 0.829. The minimum atomic E-state index is -0.776. The van der Waals surface area contributed by atoms with Gasteiger partial charge < -0.3 is 14.3 Å². The Morgan fingerprint density at radius 2 is 2.10 bits per heavy atom. The molecule has 0 spiro atoms. The van der Waals surface area contributed by atoms with E-state index in [4.69, 9.17) is 9.15 Å². The van der Waals surface area contributed by atoms with E-state index in [1.54, 1.807) is 0 Å². The largest absolute Gasteiger partial charge is 0.481 e. The topological polar surface area (TPSA) is 62.9 Å². The second kappa shape index (κ2) is 6.90. The number of aliphatic carboxylic acids is 1. The Balaban J connectivity index is 2.07. The van der Waals surface area contributed by atoms with E-state index < -0.39 is 11.9 Å². The van der Waals surface area contributed by atoms with Gasteiger partial charge in [0.2, 0.25) is 0 Å². The summed E-state index contributed by atoms with van der Waals surface area (Å²) in [7, 11) is 0. The number of carboxylic acids is 1. The van der Waals surface area contributed by atoms with E-state index in [0.29, 0.717) is 19.8 Å². The number of rotatable bonds is 7. The third-order valence-electron chi connectivity index (χ3n) is 3.77. The maximum Gasteiger partial charge on any atom is 0.310 e. The fraction of sp³-hybridized carbons (Fsp3) is 0.667. The van der Waals surface area contributed by atoms with Crippen LogP contribution in [0.15, 0.2) is 16.5 Å². The summed E-state index contributed by atoms with van der Waals surface area (Å²) >= 11 is 0. The second-order valence-electron chi connectivity index (χ2n) is 5.24. The van der Waals surface area contributed by atoms with E-state index in [1.165, 1.54) is 0 Å². The van der Waals surface area contributed by atoms with E-state index in [2.05, 4.69) is 18.7 Å². The van der Waals surface area contributed by atoms with E-state index in [0.717, 1.165) is 30.9 Å². The van der Waals surface area contributed by atoms with Gasteiger partial charge in [0.15, 0.2) is 0 Å². The molecule has 1 aromatic heterocycles. The zero-order valence-electron chi connectivity index (χ0n) is 12.2. The normalized spacial score (nSPS) is 22.6. The first-order valence-corrected chi connectivity index (χ1v) is 7.27. The third kappa shape index (κ3) is 3.41. The molecule has 0 aromatic carbocycles. The predicted molar refractivity (Wildman–Crippen MR) is 74.5 cm³/mol. The smallest absolute Gasteiger partial charge is 0.310 e. The van der Waals surface area contributed by atoms with Gasteiger partial charge in [-0.3, -0.25) is 9.69 Å². The summed E-state index contributed by atoms with van der Waals surface area (Å²) in [5.41, 5.74) is 0. The van der Waals surface area contributed by atoms with E-state index in [9.17, 15) is 9.90 Å². The van der Waals surface area contributed by atoms with Crippen molar-refractivity contribution >= 4 is 5.97 Å². The van der Waals surface area contributed by atoms with Crippen molar-refractivity contribution in [3.05, 3.63) is 23.7 Å². The van der Waals surface area contributed by atoms with Crippen LogP contribution in [0.1, 0.15) is 31.8 Å². The molecule has 2 rings (SSSR count). The Hall–Kier alpha value is -1.33. The van der Waals surface area contributed by atoms with Gasteiger partial charge in [0.05, 0.1) is 25.7 Å². The molecule has 1 aliphatic rings. The van der Waals surface area contributed by atoms with Crippen LogP contribution in [-0.4, -0.2) is 41.8 Å². The van der Waals surface area contributed by atoms with Crippen molar-refractivity contribution < 1.29 is 19.1 Å². The fourth-order valence-corrected chi connectivity index (χ4v) is 2.69. The number of ether oxygens (including phenoxy) is 1. The van der Waals surface area contributed by atoms with Crippen molar-refractivity contribution in [2.45, 2.75) is 39.3 Å². The maximum absolute atomic E-state index is 11.3. The van der Waals surface area contributed by atoms with Crippen molar-refractivity contribution in [3.63, 3.8) is 0 Å². The highest BCUT2D eigenvalue weighted by Gasteiger charge is 2.37. The molecular weight excluding hydrogens is 258 g/mol. The van der Waals surface area contributed by atoms with Gasteiger partial charge in [-0.05, 0) is 25.1 Å². The number of hydrogen-bond donors (Lipinski definition) is 1. The maximum atomic E-state index is 11.3. The Morgan fingerprint density at radius 3 is 2.70 bits per heavy atom. The lowest BCUT2D eigenvalue weighted by Crippen LogP contribution is -2.43. The molecule has 1 fully saturated rings. The van der Waals surface area contributed by atoms with Gasteiger partial charge >= 0.3 is 5.97 Å². The molecule has 0 saturated carbocycles. The third-order valence-corrected chi connectivity index (χ3v) is 3.77. The molecule has 20 heavy (non-hydrogen) atoms. The van der Waals surface area contributed by atoms with E-state index >= 15 is 0 Å². The summed E-state index contributed by atoms with van der Waals surface area (Å²) in [6, 6.07) is 3.90. The lowest BCUT2D eigenvalue weighted by molar-refractivity contribution is -0.143. The Kier molecular flexibility index (Phi) is 5.20. The van der Waals surface area contributed by atoms with Crippen molar-refractivity contribution in [3.8, 4) is 0 Å². The van der Waals surface area contributed by atoms with E-state index in [1.807, 2.05) is 12.1 Å². The number of aryl methyl sites for hydroxylation is 1. The zero-order valence-corrected chi connectivity index (χ0v) is 12.2. The van der Waals surface area contributed by atoms with Gasteiger partial charge in [-0.15, -0.1) is 0 Å². The summed E-state index contributed by atoms with van der Waals surface area (Å²) in [6.45, 7) is 6.43. The molecule has 5 nitrogen and oxygen atoms in total.